The molecule has 0 spiro atoms. The van der Waals surface area contributed by atoms with E-state index in [-0.39, 0.29) is 0 Å². The lowest BCUT2D eigenvalue weighted by atomic mass is 9.83. The fourth-order valence-electron chi connectivity index (χ4n) is 2.88. The summed E-state index contributed by atoms with van der Waals surface area (Å²) in [5, 5.41) is 3.72. The van der Waals surface area contributed by atoms with Crippen LogP contribution < -0.4 is 5.32 Å². The van der Waals surface area contributed by atoms with Gasteiger partial charge in [0.2, 0.25) is 0 Å². The second-order valence-corrected chi connectivity index (χ2v) is 7.26. The van der Waals surface area contributed by atoms with E-state index in [9.17, 15) is 0 Å². The smallest absolute Gasteiger partial charge is 0.0116 e. The van der Waals surface area contributed by atoms with Crippen LogP contribution >= 0.6 is 0 Å². The van der Waals surface area contributed by atoms with Gasteiger partial charge in [-0.15, -0.1) is 0 Å². The minimum Gasteiger partial charge on any atom is -0.313 e. The quantitative estimate of drug-likeness (QED) is 0.735. The fraction of sp³-hybridized carbons (Fsp3) is 0.684. The van der Waals surface area contributed by atoms with Gasteiger partial charge in [-0.1, -0.05) is 57.0 Å². The van der Waals surface area contributed by atoms with Crippen LogP contribution in [0.15, 0.2) is 18.2 Å². The van der Waals surface area contributed by atoms with E-state index in [1.165, 1.54) is 42.4 Å². The first-order valence-electron chi connectivity index (χ1n) is 8.13. The lowest BCUT2D eigenvalue weighted by Gasteiger charge is -2.32. The van der Waals surface area contributed by atoms with Gasteiger partial charge in [0, 0.05) is 6.04 Å². The Morgan fingerprint density at radius 3 is 2.15 bits per heavy atom. The molecule has 20 heavy (non-hydrogen) atoms. The molecule has 0 fully saturated rings. The SMILES string of the molecule is CCCNC(CCCc1cc(C)cc(C)c1)C(C)(C)C. The van der Waals surface area contributed by atoms with E-state index >= 15 is 0 Å². The van der Waals surface area contributed by atoms with Crippen molar-refractivity contribution in [3.63, 3.8) is 0 Å². The molecule has 0 heterocycles. The Kier molecular flexibility index (Phi) is 6.75. The Labute approximate surface area is 126 Å². The zero-order chi connectivity index (χ0) is 15.2. The fourth-order valence-corrected chi connectivity index (χ4v) is 2.88. The first kappa shape index (κ1) is 17.2. The first-order valence-corrected chi connectivity index (χ1v) is 8.13. The minimum absolute atomic E-state index is 0.345. The molecule has 0 aliphatic carbocycles. The largest absolute Gasteiger partial charge is 0.313 e. The summed E-state index contributed by atoms with van der Waals surface area (Å²) in [6, 6.07) is 7.54. The highest BCUT2D eigenvalue weighted by molar-refractivity contribution is 5.28. The van der Waals surface area contributed by atoms with Gasteiger partial charge in [-0.05, 0) is 57.1 Å². The van der Waals surface area contributed by atoms with Crippen LogP contribution in [-0.2, 0) is 6.42 Å². The van der Waals surface area contributed by atoms with E-state index in [0.29, 0.717) is 11.5 Å². The van der Waals surface area contributed by atoms with Crippen LogP contribution in [-0.4, -0.2) is 12.6 Å². The maximum Gasteiger partial charge on any atom is 0.0116 e. The Balaban J connectivity index is 2.51. The second-order valence-electron chi connectivity index (χ2n) is 7.26. The normalized spacial score (nSPS) is 13.5. The van der Waals surface area contributed by atoms with Crippen LogP contribution in [0, 0.1) is 19.3 Å². The van der Waals surface area contributed by atoms with Crippen LogP contribution in [0.25, 0.3) is 0 Å². The van der Waals surface area contributed by atoms with E-state index in [1.54, 1.807) is 0 Å². The van der Waals surface area contributed by atoms with E-state index in [1.807, 2.05) is 0 Å². The summed E-state index contributed by atoms with van der Waals surface area (Å²) in [6.45, 7) is 14.8. The number of hydrogen-bond acceptors (Lipinski definition) is 1. The summed E-state index contributed by atoms with van der Waals surface area (Å²) in [5.74, 6) is 0. The minimum atomic E-state index is 0.345. The molecule has 0 saturated heterocycles. The molecule has 0 aromatic heterocycles. The van der Waals surface area contributed by atoms with Crippen molar-refractivity contribution >= 4 is 0 Å². The lowest BCUT2D eigenvalue weighted by molar-refractivity contribution is 0.251. The average molecular weight is 275 g/mol. The van der Waals surface area contributed by atoms with Gasteiger partial charge < -0.3 is 5.32 Å². The summed E-state index contributed by atoms with van der Waals surface area (Å²) in [4.78, 5) is 0. The summed E-state index contributed by atoms with van der Waals surface area (Å²) in [7, 11) is 0. The van der Waals surface area contributed by atoms with Crippen LogP contribution in [0.3, 0.4) is 0 Å². The molecule has 0 aliphatic rings. The Hall–Kier alpha value is -0.820. The second kappa shape index (κ2) is 7.83. The molecule has 0 radical (unpaired) electrons. The first-order chi connectivity index (χ1) is 9.32. The maximum absolute atomic E-state index is 3.72. The van der Waals surface area contributed by atoms with Crippen molar-refractivity contribution in [1.82, 2.24) is 5.32 Å². The van der Waals surface area contributed by atoms with E-state index < -0.39 is 0 Å². The molecule has 1 rings (SSSR count). The van der Waals surface area contributed by atoms with Crippen molar-refractivity contribution < 1.29 is 0 Å². The molecular formula is C19H33N. The summed E-state index contributed by atoms with van der Waals surface area (Å²) in [6.07, 6.45) is 4.94. The van der Waals surface area contributed by atoms with Crippen molar-refractivity contribution in [2.24, 2.45) is 5.41 Å². The molecule has 1 unspecified atom stereocenters. The Morgan fingerprint density at radius 1 is 1.05 bits per heavy atom. The van der Waals surface area contributed by atoms with Crippen molar-refractivity contribution in [3.8, 4) is 0 Å². The van der Waals surface area contributed by atoms with Crippen molar-refractivity contribution in [3.05, 3.63) is 34.9 Å². The van der Waals surface area contributed by atoms with Crippen molar-refractivity contribution in [2.45, 2.75) is 73.3 Å². The average Bonchev–Trinajstić information content (AvgIpc) is 2.30. The van der Waals surface area contributed by atoms with Gasteiger partial charge in [0.1, 0.15) is 0 Å². The van der Waals surface area contributed by atoms with Gasteiger partial charge in [-0.2, -0.15) is 0 Å². The molecule has 1 heteroatoms. The third-order valence-electron chi connectivity index (χ3n) is 3.93. The maximum atomic E-state index is 3.72. The summed E-state index contributed by atoms with van der Waals surface area (Å²) in [5.41, 5.74) is 4.61. The zero-order valence-electron chi connectivity index (χ0n) is 14.3. The molecule has 1 aromatic carbocycles. The van der Waals surface area contributed by atoms with E-state index in [4.69, 9.17) is 0 Å². The predicted molar refractivity (Wildman–Crippen MR) is 90.4 cm³/mol. The number of benzene rings is 1. The topological polar surface area (TPSA) is 12.0 Å². The summed E-state index contributed by atoms with van der Waals surface area (Å²) < 4.78 is 0. The zero-order valence-corrected chi connectivity index (χ0v) is 14.3. The third-order valence-corrected chi connectivity index (χ3v) is 3.93. The van der Waals surface area contributed by atoms with Crippen LogP contribution in [0.4, 0.5) is 0 Å². The highest BCUT2D eigenvalue weighted by atomic mass is 14.9. The van der Waals surface area contributed by atoms with Gasteiger partial charge in [-0.25, -0.2) is 0 Å². The Bertz CT molecular complexity index is 380. The van der Waals surface area contributed by atoms with Gasteiger partial charge in [0.05, 0.1) is 0 Å². The molecule has 0 amide bonds. The number of aryl methyl sites for hydroxylation is 3. The van der Waals surface area contributed by atoms with Crippen LogP contribution in [0.2, 0.25) is 0 Å². The highest BCUT2D eigenvalue weighted by Crippen LogP contribution is 2.24. The number of rotatable bonds is 7. The van der Waals surface area contributed by atoms with Gasteiger partial charge in [0.25, 0.3) is 0 Å². The monoisotopic (exact) mass is 275 g/mol. The lowest BCUT2D eigenvalue weighted by Crippen LogP contribution is -2.40. The van der Waals surface area contributed by atoms with Gasteiger partial charge >= 0.3 is 0 Å². The van der Waals surface area contributed by atoms with Gasteiger partial charge in [0.15, 0.2) is 0 Å². The molecule has 1 N–H and O–H groups in total. The summed E-state index contributed by atoms with van der Waals surface area (Å²) >= 11 is 0. The van der Waals surface area contributed by atoms with Gasteiger partial charge in [-0.3, -0.25) is 0 Å². The van der Waals surface area contributed by atoms with Crippen molar-refractivity contribution in [2.75, 3.05) is 6.54 Å². The molecule has 0 bridgehead atoms. The third kappa shape index (κ3) is 6.09. The molecule has 1 nitrogen and oxygen atoms in total. The molecule has 114 valence electrons. The van der Waals surface area contributed by atoms with Crippen LogP contribution in [0.5, 0.6) is 0 Å². The van der Waals surface area contributed by atoms with E-state index in [2.05, 4.69) is 65.1 Å². The molecule has 0 saturated carbocycles. The Morgan fingerprint density at radius 2 is 1.65 bits per heavy atom. The number of hydrogen-bond donors (Lipinski definition) is 1. The molecular weight excluding hydrogens is 242 g/mol. The number of nitrogens with one attached hydrogen (secondary N) is 1. The van der Waals surface area contributed by atoms with Crippen molar-refractivity contribution in [1.29, 1.82) is 0 Å². The highest BCUT2D eigenvalue weighted by Gasteiger charge is 2.23. The molecule has 1 atom stereocenters. The standard InChI is InChI=1S/C19H33N/c1-7-11-20-18(19(4,5)6)10-8-9-17-13-15(2)12-16(3)14-17/h12-14,18,20H,7-11H2,1-6H3. The van der Waals surface area contributed by atoms with E-state index in [0.717, 1.165) is 6.54 Å². The van der Waals surface area contributed by atoms with Crippen LogP contribution in [0.1, 0.15) is 63.6 Å². The molecule has 0 aliphatic heterocycles. The predicted octanol–water partition coefficient (Wildman–Crippen LogP) is 5.04. The molecule has 1 aromatic rings.